The molecule has 0 saturated carbocycles. The summed E-state index contributed by atoms with van der Waals surface area (Å²) in [5.74, 6) is 1.33. The molecule has 0 aliphatic carbocycles. The smallest absolute Gasteiger partial charge is 0.124 e. The Bertz CT molecular complexity index is 524. The predicted octanol–water partition coefficient (Wildman–Crippen LogP) is 4.31. The molecule has 0 aromatic heterocycles. The molecule has 2 N–H and O–H groups in total. The Morgan fingerprint density at radius 1 is 1.00 bits per heavy atom. The first kappa shape index (κ1) is 14.6. The molecule has 0 radical (unpaired) electrons. The van der Waals surface area contributed by atoms with E-state index >= 15 is 0 Å². The minimum absolute atomic E-state index is 0.0203. The zero-order chi connectivity index (χ0) is 14.4. The Kier molecular flexibility index (Phi) is 5.19. The Balaban J connectivity index is 2.12. The summed E-state index contributed by atoms with van der Waals surface area (Å²) in [5.41, 5.74) is 8.60. The summed E-state index contributed by atoms with van der Waals surface area (Å²) >= 11 is 0. The Morgan fingerprint density at radius 3 is 2.35 bits per heavy atom. The van der Waals surface area contributed by atoms with Crippen molar-refractivity contribution in [1.29, 1.82) is 0 Å². The minimum atomic E-state index is 0.0203. The number of ether oxygens (including phenoxy) is 1. The molecular formula is C18H23NO. The lowest BCUT2D eigenvalue weighted by Gasteiger charge is -2.21. The van der Waals surface area contributed by atoms with Crippen molar-refractivity contribution >= 4 is 0 Å². The molecule has 2 heteroatoms. The van der Waals surface area contributed by atoms with Gasteiger partial charge in [0, 0.05) is 11.6 Å². The van der Waals surface area contributed by atoms with Gasteiger partial charge in [-0.25, -0.2) is 0 Å². The maximum absolute atomic E-state index is 6.34. The molecule has 0 spiro atoms. The van der Waals surface area contributed by atoms with Gasteiger partial charge < -0.3 is 10.5 Å². The monoisotopic (exact) mass is 269 g/mol. The second-order valence-electron chi connectivity index (χ2n) is 5.22. The van der Waals surface area contributed by atoms with Crippen molar-refractivity contribution in [2.75, 3.05) is 0 Å². The SMILES string of the molecule is CCC(C)[C@H](N)c1ccccc1OCc1ccccc1. The molecule has 1 unspecified atom stereocenters. The zero-order valence-electron chi connectivity index (χ0n) is 12.3. The van der Waals surface area contributed by atoms with Gasteiger partial charge in [-0.3, -0.25) is 0 Å². The van der Waals surface area contributed by atoms with Crippen molar-refractivity contribution in [3.8, 4) is 5.75 Å². The predicted molar refractivity (Wildman–Crippen MR) is 83.6 cm³/mol. The summed E-state index contributed by atoms with van der Waals surface area (Å²) < 4.78 is 5.96. The van der Waals surface area contributed by atoms with Crippen LogP contribution in [-0.4, -0.2) is 0 Å². The summed E-state index contributed by atoms with van der Waals surface area (Å²) in [5, 5.41) is 0. The van der Waals surface area contributed by atoms with E-state index in [9.17, 15) is 0 Å². The average molecular weight is 269 g/mol. The number of benzene rings is 2. The summed E-state index contributed by atoms with van der Waals surface area (Å²) in [4.78, 5) is 0. The van der Waals surface area contributed by atoms with Crippen LogP contribution < -0.4 is 10.5 Å². The van der Waals surface area contributed by atoms with Crippen LogP contribution in [0.5, 0.6) is 5.75 Å². The van der Waals surface area contributed by atoms with Crippen LogP contribution in [0.4, 0.5) is 0 Å². The molecule has 20 heavy (non-hydrogen) atoms. The second-order valence-corrected chi connectivity index (χ2v) is 5.22. The maximum Gasteiger partial charge on any atom is 0.124 e. The van der Waals surface area contributed by atoms with Gasteiger partial charge >= 0.3 is 0 Å². The van der Waals surface area contributed by atoms with Crippen LogP contribution in [-0.2, 0) is 6.61 Å². The molecule has 2 aromatic carbocycles. The Hall–Kier alpha value is -1.80. The molecular weight excluding hydrogens is 246 g/mol. The first-order valence-corrected chi connectivity index (χ1v) is 7.23. The fourth-order valence-corrected chi connectivity index (χ4v) is 2.18. The molecule has 0 aliphatic rings. The first-order valence-electron chi connectivity index (χ1n) is 7.23. The number of nitrogens with two attached hydrogens (primary N) is 1. The highest BCUT2D eigenvalue weighted by Gasteiger charge is 2.17. The summed E-state index contributed by atoms with van der Waals surface area (Å²) in [6.07, 6.45) is 1.06. The third-order valence-electron chi connectivity index (χ3n) is 3.77. The third kappa shape index (κ3) is 3.61. The fourth-order valence-electron chi connectivity index (χ4n) is 2.18. The summed E-state index contributed by atoms with van der Waals surface area (Å²) in [6, 6.07) is 18.3. The van der Waals surface area contributed by atoms with Crippen LogP contribution in [0.1, 0.15) is 37.4 Å². The minimum Gasteiger partial charge on any atom is -0.489 e. The van der Waals surface area contributed by atoms with E-state index in [1.54, 1.807) is 0 Å². The molecule has 0 bridgehead atoms. The second kappa shape index (κ2) is 7.11. The van der Waals surface area contributed by atoms with Crippen LogP contribution in [0.3, 0.4) is 0 Å². The molecule has 0 heterocycles. The molecule has 2 aromatic rings. The van der Waals surface area contributed by atoms with Gasteiger partial charge in [0.25, 0.3) is 0 Å². The Labute approximate surface area is 121 Å². The van der Waals surface area contributed by atoms with Crippen LogP contribution in [0.2, 0.25) is 0 Å². The molecule has 0 fully saturated rings. The molecule has 2 nitrogen and oxygen atoms in total. The molecule has 106 valence electrons. The van der Waals surface area contributed by atoms with Gasteiger partial charge in [-0.05, 0) is 17.5 Å². The highest BCUT2D eigenvalue weighted by Crippen LogP contribution is 2.30. The number of hydrogen-bond donors (Lipinski definition) is 1. The van der Waals surface area contributed by atoms with Crippen molar-refractivity contribution in [2.45, 2.75) is 32.9 Å². The molecule has 2 rings (SSSR count). The van der Waals surface area contributed by atoms with E-state index in [2.05, 4.69) is 32.0 Å². The van der Waals surface area contributed by atoms with E-state index in [1.165, 1.54) is 5.56 Å². The third-order valence-corrected chi connectivity index (χ3v) is 3.77. The van der Waals surface area contributed by atoms with E-state index in [1.807, 2.05) is 36.4 Å². The Morgan fingerprint density at radius 2 is 1.65 bits per heavy atom. The fraction of sp³-hybridized carbons (Fsp3) is 0.333. The van der Waals surface area contributed by atoms with Gasteiger partial charge in [0.1, 0.15) is 12.4 Å². The van der Waals surface area contributed by atoms with E-state index in [4.69, 9.17) is 10.5 Å². The van der Waals surface area contributed by atoms with Crippen molar-refractivity contribution in [3.05, 3.63) is 65.7 Å². The maximum atomic E-state index is 6.34. The van der Waals surface area contributed by atoms with Crippen LogP contribution >= 0.6 is 0 Å². The van der Waals surface area contributed by atoms with Gasteiger partial charge in [-0.15, -0.1) is 0 Å². The molecule has 0 saturated heterocycles. The van der Waals surface area contributed by atoms with E-state index in [-0.39, 0.29) is 6.04 Å². The highest BCUT2D eigenvalue weighted by molar-refractivity contribution is 5.36. The van der Waals surface area contributed by atoms with Gasteiger partial charge in [-0.2, -0.15) is 0 Å². The standard InChI is InChI=1S/C18H23NO/c1-3-14(2)18(19)16-11-7-8-12-17(16)20-13-15-9-5-4-6-10-15/h4-12,14,18H,3,13,19H2,1-2H3/t14?,18-/m0/s1. The number of rotatable bonds is 6. The van der Waals surface area contributed by atoms with Crippen molar-refractivity contribution in [2.24, 2.45) is 11.7 Å². The van der Waals surface area contributed by atoms with Crippen molar-refractivity contribution < 1.29 is 4.74 Å². The lowest BCUT2D eigenvalue weighted by Crippen LogP contribution is -2.19. The number of hydrogen-bond acceptors (Lipinski definition) is 2. The van der Waals surface area contributed by atoms with Crippen LogP contribution in [0, 0.1) is 5.92 Å². The summed E-state index contributed by atoms with van der Waals surface area (Å²) in [7, 11) is 0. The average Bonchev–Trinajstić information content (AvgIpc) is 2.52. The molecule has 2 atom stereocenters. The molecule has 0 amide bonds. The number of para-hydroxylation sites is 1. The van der Waals surface area contributed by atoms with E-state index in [0.717, 1.165) is 17.7 Å². The summed E-state index contributed by atoms with van der Waals surface area (Å²) in [6.45, 7) is 4.92. The lowest BCUT2D eigenvalue weighted by atomic mass is 9.93. The lowest BCUT2D eigenvalue weighted by molar-refractivity contribution is 0.297. The van der Waals surface area contributed by atoms with Crippen molar-refractivity contribution in [3.63, 3.8) is 0 Å². The topological polar surface area (TPSA) is 35.2 Å². The quantitative estimate of drug-likeness (QED) is 0.848. The largest absolute Gasteiger partial charge is 0.489 e. The van der Waals surface area contributed by atoms with E-state index in [0.29, 0.717) is 12.5 Å². The zero-order valence-corrected chi connectivity index (χ0v) is 12.3. The van der Waals surface area contributed by atoms with Crippen LogP contribution in [0.15, 0.2) is 54.6 Å². The van der Waals surface area contributed by atoms with Gasteiger partial charge in [0.05, 0.1) is 0 Å². The van der Waals surface area contributed by atoms with E-state index < -0.39 is 0 Å². The van der Waals surface area contributed by atoms with Crippen molar-refractivity contribution in [1.82, 2.24) is 0 Å². The molecule has 0 aliphatic heterocycles. The van der Waals surface area contributed by atoms with Gasteiger partial charge in [-0.1, -0.05) is 68.8 Å². The van der Waals surface area contributed by atoms with Gasteiger partial charge in [0.15, 0.2) is 0 Å². The highest BCUT2D eigenvalue weighted by atomic mass is 16.5. The normalized spacial score (nSPS) is 13.8. The van der Waals surface area contributed by atoms with Crippen LogP contribution in [0.25, 0.3) is 0 Å². The first-order chi connectivity index (χ1) is 9.72. The van der Waals surface area contributed by atoms with Gasteiger partial charge in [0.2, 0.25) is 0 Å².